The van der Waals surface area contributed by atoms with Crippen LogP contribution in [0.5, 0.6) is 11.5 Å². The third-order valence-electron chi connectivity index (χ3n) is 2.60. The molecule has 5 nitrogen and oxygen atoms in total. The average molecular weight is 248 g/mol. The van der Waals surface area contributed by atoms with Gasteiger partial charge >= 0.3 is 0 Å². The number of hydrogen-bond acceptors (Lipinski definition) is 4. The summed E-state index contributed by atoms with van der Waals surface area (Å²) in [5.74, 6) is 1.03. The van der Waals surface area contributed by atoms with Gasteiger partial charge in [0.15, 0.2) is 11.5 Å². The van der Waals surface area contributed by atoms with Gasteiger partial charge in [-0.3, -0.25) is 4.79 Å². The molecule has 0 aromatic heterocycles. The van der Waals surface area contributed by atoms with Gasteiger partial charge in [-0.25, -0.2) is 0 Å². The first-order valence-electron chi connectivity index (χ1n) is 5.55. The summed E-state index contributed by atoms with van der Waals surface area (Å²) in [6.45, 7) is 4.23. The number of carbonyl (C=O) groups excluding carboxylic acids is 1. The summed E-state index contributed by atoms with van der Waals surface area (Å²) in [6, 6.07) is 3.62. The second kappa shape index (κ2) is 4.70. The van der Waals surface area contributed by atoms with Crippen LogP contribution in [0.4, 0.5) is 5.69 Å². The lowest BCUT2D eigenvalue weighted by Gasteiger charge is -2.23. The van der Waals surface area contributed by atoms with E-state index in [0.29, 0.717) is 23.7 Å². The van der Waals surface area contributed by atoms with Crippen molar-refractivity contribution in [1.29, 1.82) is 0 Å². The van der Waals surface area contributed by atoms with Gasteiger partial charge in [0.2, 0.25) is 0 Å². The van der Waals surface area contributed by atoms with E-state index < -0.39 is 0 Å². The van der Waals surface area contributed by atoms with E-state index in [1.807, 2.05) is 25.1 Å². The molecule has 96 valence electrons. The van der Waals surface area contributed by atoms with Crippen molar-refractivity contribution in [3.05, 3.63) is 30.0 Å². The molecule has 0 saturated heterocycles. The zero-order valence-corrected chi connectivity index (χ0v) is 10.7. The number of fused-ring (bicyclic) bond motifs is 1. The van der Waals surface area contributed by atoms with Crippen molar-refractivity contribution in [3.63, 3.8) is 0 Å². The molecule has 0 spiro atoms. The Kier molecular flexibility index (Phi) is 3.25. The van der Waals surface area contributed by atoms with Gasteiger partial charge in [-0.15, -0.1) is 0 Å². The van der Waals surface area contributed by atoms with E-state index in [0.717, 1.165) is 5.56 Å². The number of methoxy groups -OCH3 is 1. The number of carbonyl (C=O) groups is 1. The fourth-order valence-electron chi connectivity index (χ4n) is 1.81. The Labute approximate surface area is 106 Å². The van der Waals surface area contributed by atoms with Gasteiger partial charge in [0.05, 0.1) is 12.8 Å². The molecule has 1 heterocycles. The molecule has 0 aliphatic carbocycles. The van der Waals surface area contributed by atoms with E-state index in [-0.39, 0.29) is 11.7 Å². The van der Waals surface area contributed by atoms with Crippen molar-refractivity contribution in [1.82, 2.24) is 4.90 Å². The summed E-state index contributed by atoms with van der Waals surface area (Å²) in [5.41, 5.74) is 1.62. The van der Waals surface area contributed by atoms with E-state index in [4.69, 9.17) is 9.47 Å². The standard InChI is InChI=1S/C13H16N2O3/c1-8-13(16)14-12-9(7-15(2)3)5-10(17-4)6-11(12)18-8/h5-6H,1,7H2,2-4H3,(H,14,16). The molecular formula is C13H16N2O3. The van der Waals surface area contributed by atoms with E-state index in [1.165, 1.54) is 0 Å². The number of amides is 1. The highest BCUT2D eigenvalue weighted by Gasteiger charge is 2.24. The quantitative estimate of drug-likeness (QED) is 0.825. The number of benzene rings is 1. The molecule has 1 aliphatic heterocycles. The smallest absolute Gasteiger partial charge is 0.290 e. The zero-order valence-electron chi connectivity index (χ0n) is 10.7. The highest BCUT2D eigenvalue weighted by Crippen LogP contribution is 2.37. The van der Waals surface area contributed by atoms with Crippen molar-refractivity contribution >= 4 is 11.6 Å². The monoisotopic (exact) mass is 248 g/mol. The van der Waals surface area contributed by atoms with Gasteiger partial charge in [0, 0.05) is 12.6 Å². The molecule has 0 fully saturated rings. The van der Waals surface area contributed by atoms with Crippen LogP contribution in [-0.2, 0) is 11.3 Å². The Morgan fingerprint density at radius 1 is 1.44 bits per heavy atom. The van der Waals surface area contributed by atoms with Gasteiger partial charge in [-0.2, -0.15) is 0 Å². The number of ether oxygens (including phenoxy) is 2. The Hall–Kier alpha value is -2.01. The molecule has 1 amide bonds. The summed E-state index contributed by atoms with van der Waals surface area (Å²) in [6.07, 6.45) is 0. The molecule has 18 heavy (non-hydrogen) atoms. The van der Waals surface area contributed by atoms with Crippen molar-refractivity contribution in [2.45, 2.75) is 6.54 Å². The summed E-state index contributed by atoms with van der Waals surface area (Å²) in [5, 5.41) is 2.79. The van der Waals surface area contributed by atoms with Gasteiger partial charge < -0.3 is 19.7 Å². The van der Waals surface area contributed by atoms with Crippen LogP contribution < -0.4 is 14.8 Å². The summed E-state index contributed by atoms with van der Waals surface area (Å²) in [7, 11) is 5.50. The van der Waals surface area contributed by atoms with Crippen molar-refractivity contribution in [3.8, 4) is 11.5 Å². The molecule has 1 aliphatic rings. The van der Waals surface area contributed by atoms with Crippen LogP contribution >= 0.6 is 0 Å². The van der Waals surface area contributed by atoms with E-state index >= 15 is 0 Å². The van der Waals surface area contributed by atoms with Crippen LogP contribution in [0, 0.1) is 0 Å². The highest BCUT2D eigenvalue weighted by atomic mass is 16.5. The van der Waals surface area contributed by atoms with Gasteiger partial charge in [-0.05, 0) is 25.7 Å². The predicted molar refractivity (Wildman–Crippen MR) is 68.8 cm³/mol. The normalized spacial score (nSPS) is 14.0. The first-order chi connectivity index (χ1) is 8.51. The maximum Gasteiger partial charge on any atom is 0.290 e. The van der Waals surface area contributed by atoms with Crippen LogP contribution in [0.1, 0.15) is 5.56 Å². The first-order valence-corrected chi connectivity index (χ1v) is 5.55. The minimum absolute atomic E-state index is 0.0894. The molecule has 0 bridgehead atoms. The molecule has 0 unspecified atom stereocenters. The molecule has 0 atom stereocenters. The second-order valence-corrected chi connectivity index (χ2v) is 4.38. The SMILES string of the molecule is C=C1Oc2cc(OC)cc(CN(C)C)c2NC1=O. The van der Waals surface area contributed by atoms with Crippen LogP contribution in [-0.4, -0.2) is 32.0 Å². The fourth-order valence-corrected chi connectivity index (χ4v) is 1.81. The molecule has 1 aromatic rings. The zero-order chi connectivity index (χ0) is 13.3. The van der Waals surface area contributed by atoms with Crippen molar-refractivity contribution in [2.24, 2.45) is 0 Å². The number of nitrogens with zero attached hydrogens (tertiary/aromatic N) is 1. The van der Waals surface area contributed by atoms with E-state index in [1.54, 1.807) is 13.2 Å². The Morgan fingerprint density at radius 3 is 2.78 bits per heavy atom. The number of rotatable bonds is 3. The highest BCUT2D eigenvalue weighted by molar-refractivity contribution is 6.05. The summed E-state index contributed by atoms with van der Waals surface area (Å²) >= 11 is 0. The van der Waals surface area contributed by atoms with Crippen LogP contribution in [0.25, 0.3) is 0 Å². The van der Waals surface area contributed by atoms with Gasteiger partial charge in [-0.1, -0.05) is 6.58 Å². The molecule has 5 heteroatoms. The maximum absolute atomic E-state index is 11.6. The van der Waals surface area contributed by atoms with Crippen molar-refractivity contribution < 1.29 is 14.3 Å². The molecule has 0 saturated carbocycles. The lowest BCUT2D eigenvalue weighted by molar-refractivity contribution is -0.115. The third kappa shape index (κ3) is 2.31. The molecule has 0 radical (unpaired) electrons. The lowest BCUT2D eigenvalue weighted by atomic mass is 10.1. The molecule has 2 rings (SSSR count). The summed E-state index contributed by atoms with van der Waals surface area (Å²) in [4.78, 5) is 13.6. The second-order valence-electron chi connectivity index (χ2n) is 4.38. The van der Waals surface area contributed by atoms with Crippen LogP contribution in [0.3, 0.4) is 0 Å². The fraction of sp³-hybridized carbons (Fsp3) is 0.308. The number of nitrogens with one attached hydrogen (secondary N) is 1. The van der Waals surface area contributed by atoms with Crippen LogP contribution in [0.15, 0.2) is 24.5 Å². The number of hydrogen-bond donors (Lipinski definition) is 1. The number of anilines is 1. The molecule has 1 N–H and O–H groups in total. The average Bonchev–Trinajstić information content (AvgIpc) is 2.30. The molecule has 1 aromatic carbocycles. The Balaban J connectivity index is 2.48. The molecular weight excluding hydrogens is 232 g/mol. The Morgan fingerprint density at radius 2 is 2.17 bits per heavy atom. The van der Waals surface area contributed by atoms with Gasteiger partial charge in [0.1, 0.15) is 5.75 Å². The predicted octanol–water partition coefficient (Wildman–Crippen LogP) is 1.60. The largest absolute Gasteiger partial charge is 0.497 e. The minimum atomic E-state index is -0.312. The lowest BCUT2D eigenvalue weighted by Crippen LogP contribution is -2.25. The summed E-state index contributed by atoms with van der Waals surface area (Å²) < 4.78 is 10.6. The van der Waals surface area contributed by atoms with Gasteiger partial charge in [0.25, 0.3) is 5.91 Å². The van der Waals surface area contributed by atoms with Crippen LogP contribution in [0.2, 0.25) is 0 Å². The first kappa shape index (κ1) is 12.4. The van der Waals surface area contributed by atoms with Crippen molar-refractivity contribution in [2.75, 3.05) is 26.5 Å². The Bertz CT molecular complexity index is 509. The van der Waals surface area contributed by atoms with E-state index in [2.05, 4.69) is 11.9 Å². The topological polar surface area (TPSA) is 50.8 Å². The third-order valence-corrected chi connectivity index (χ3v) is 2.60. The maximum atomic E-state index is 11.6. The minimum Gasteiger partial charge on any atom is -0.497 e. The van der Waals surface area contributed by atoms with E-state index in [9.17, 15) is 4.79 Å².